The molecule has 1 saturated carbocycles. The summed E-state index contributed by atoms with van der Waals surface area (Å²) in [5.74, 6) is 0.869. The zero-order valence-corrected chi connectivity index (χ0v) is 14.1. The van der Waals surface area contributed by atoms with E-state index in [1.807, 2.05) is 0 Å². The first-order valence-corrected chi connectivity index (χ1v) is 8.65. The lowest BCUT2D eigenvalue weighted by atomic mass is 10.0. The van der Waals surface area contributed by atoms with E-state index in [9.17, 15) is 0 Å². The van der Waals surface area contributed by atoms with Crippen molar-refractivity contribution >= 4 is 0 Å². The predicted molar refractivity (Wildman–Crippen MR) is 86.5 cm³/mol. The highest BCUT2D eigenvalue weighted by molar-refractivity contribution is 5.12. The smallest absolute Gasteiger partial charge is 0.000989 e. The normalized spacial score (nSPS) is 20.7. The molecule has 0 heterocycles. The summed E-state index contributed by atoms with van der Waals surface area (Å²) in [6.07, 6.45) is 11.3. The molecule has 1 N–H and O–H groups in total. The van der Waals surface area contributed by atoms with Gasteiger partial charge in [-0.1, -0.05) is 79.6 Å². The van der Waals surface area contributed by atoms with Crippen molar-refractivity contribution in [3.8, 4) is 0 Å². The molecule has 0 unspecified atom stereocenters. The van der Waals surface area contributed by atoms with Crippen LogP contribution in [-0.4, -0.2) is 13.1 Å². The molecule has 0 aromatic rings. The highest BCUT2D eigenvalue weighted by Gasteiger charge is 2.63. The molecule has 114 valence electrons. The molecular weight excluding hydrogens is 230 g/mol. The second kappa shape index (κ2) is 7.67. The largest absolute Gasteiger partial charge is 0.316 e. The van der Waals surface area contributed by atoms with Gasteiger partial charge in [0.05, 0.1) is 0 Å². The molecule has 1 aliphatic carbocycles. The molecule has 0 radical (unpaired) electrons. The summed E-state index contributed by atoms with van der Waals surface area (Å²) in [5, 5.41) is 3.67. The average Bonchev–Trinajstić information content (AvgIpc) is 2.73. The van der Waals surface area contributed by atoms with Crippen LogP contribution in [0.3, 0.4) is 0 Å². The molecule has 0 amide bonds. The lowest BCUT2D eigenvalue weighted by Gasteiger charge is -2.06. The average molecular weight is 268 g/mol. The van der Waals surface area contributed by atoms with Crippen LogP contribution in [0.15, 0.2) is 0 Å². The van der Waals surface area contributed by atoms with Gasteiger partial charge in [-0.3, -0.25) is 0 Å². The molecular formula is C18H37N. The van der Waals surface area contributed by atoms with E-state index in [0.29, 0.717) is 10.8 Å². The van der Waals surface area contributed by atoms with Gasteiger partial charge in [-0.2, -0.15) is 0 Å². The van der Waals surface area contributed by atoms with Crippen LogP contribution in [0.5, 0.6) is 0 Å². The molecule has 0 saturated heterocycles. The van der Waals surface area contributed by atoms with E-state index in [4.69, 9.17) is 0 Å². The van der Waals surface area contributed by atoms with Crippen LogP contribution >= 0.6 is 0 Å². The fraction of sp³-hybridized carbons (Fsp3) is 1.00. The summed E-state index contributed by atoms with van der Waals surface area (Å²) in [6.45, 7) is 14.4. The van der Waals surface area contributed by atoms with Gasteiger partial charge in [0.25, 0.3) is 0 Å². The minimum atomic E-state index is 0.541. The third-order valence-electron chi connectivity index (χ3n) is 5.88. The second-order valence-electron chi connectivity index (χ2n) is 7.67. The number of hydrogen-bond donors (Lipinski definition) is 1. The van der Waals surface area contributed by atoms with Crippen molar-refractivity contribution < 1.29 is 0 Å². The van der Waals surface area contributed by atoms with Gasteiger partial charge in [0.1, 0.15) is 0 Å². The first kappa shape index (κ1) is 17.0. The number of unbranched alkanes of at least 4 members (excludes halogenated alkanes) is 7. The molecule has 1 rings (SSSR count). The van der Waals surface area contributed by atoms with Crippen molar-refractivity contribution in [2.45, 2.75) is 86.0 Å². The fourth-order valence-corrected chi connectivity index (χ4v) is 3.47. The van der Waals surface area contributed by atoms with E-state index in [2.05, 4.69) is 39.9 Å². The Morgan fingerprint density at radius 2 is 1.21 bits per heavy atom. The summed E-state index contributed by atoms with van der Waals surface area (Å²) in [5.41, 5.74) is 1.08. The highest BCUT2D eigenvalue weighted by Crippen LogP contribution is 2.67. The summed E-state index contributed by atoms with van der Waals surface area (Å²) in [4.78, 5) is 0. The molecule has 0 aromatic carbocycles. The van der Waals surface area contributed by atoms with Crippen LogP contribution < -0.4 is 5.32 Å². The van der Waals surface area contributed by atoms with E-state index >= 15 is 0 Å². The Kier molecular flexibility index (Phi) is 6.86. The van der Waals surface area contributed by atoms with Crippen molar-refractivity contribution in [2.75, 3.05) is 13.1 Å². The molecule has 1 heteroatoms. The molecule has 1 nitrogen and oxygen atoms in total. The van der Waals surface area contributed by atoms with Crippen LogP contribution in [0.4, 0.5) is 0 Å². The Hall–Kier alpha value is -0.0400. The molecule has 1 aliphatic rings. The highest BCUT2D eigenvalue weighted by atomic mass is 14.9. The molecule has 0 aromatic heterocycles. The van der Waals surface area contributed by atoms with Crippen LogP contribution in [0, 0.1) is 16.7 Å². The van der Waals surface area contributed by atoms with Crippen LogP contribution in [-0.2, 0) is 0 Å². The van der Waals surface area contributed by atoms with Gasteiger partial charge < -0.3 is 5.32 Å². The topological polar surface area (TPSA) is 12.0 Å². The minimum absolute atomic E-state index is 0.541. The monoisotopic (exact) mass is 267 g/mol. The first-order valence-electron chi connectivity index (χ1n) is 8.65. The maximum Gasteiger partial charge on any atom is -0.000989 e. The van der Waals surface area contributed by atoms with Crippen molar-refractivity contribution in [3.05, 3.63) is 0 Å². The van der Waals surface area contributed by atoms with Crippen LogP contribution in [0.25, 0.3) is 0 Å². The van der Waals surface area contributed by atoms with Gasteiger partial charge in [-0.05, 0) is 36.3 Å². The van der Waals surface area contributed by atoms with Crippen molar-refractivity contribution in [1.82, 2.24) is 5.32 Å². The Bertz CT molecular complexity index is 228. The molecule has 0 atom stereocenters. The van der Waals surface area contributed by atoms with Gasteiger partial charge in [-0.25, -0.2) is 0 Å². The van der Waals surface area contributed by atoms with Gasteiger partial charge in [0.2, 0.25) is 0 Å². The van der Waals surface area contributed by atoms with E-state index in [1.54, 1.807) is 0 Å². The maximum atomic E-state index is 3.67. The van der Waals surface area contributed by atoms with E-state index in [-0.39, 0.29) is 0 Å². The molecule has 0 bridgehead atoms. The fourth-order valence-electron chi connectivity index (χ4n) is 3.47. The second-order valence-corrected chi connectivity index (χ2v) is 7.67. The first-order chi connectivity index (χ1) is 8.94. The lowest BCUT2D eigenvalue weighted by Crippen LogP contribution is -2.20. The molecule has 0 aliphatic heterocycles. The Balaban J connectivity index is 1.85. The zero-order chi connectivity index (χ0) is 14.4. The summed E-state index contributed by atoms with van der Waals surface area (Å²) >= 11 is 0. The summed E-state index contributed by atoms with van der Waals surface area (Å²) < 4.78 is 0. The third-order valence-corrected chi connectivity index (χ3v) is 5.88. The number of hydrogen-bond acceptors (Lipinski definition) is 1. The maximum absolute atomic E-state index is 3.67. The molecule has 19 heavy (non-hydrogen) atoms. The lowest BCUT2D eigenvalue weighted by molar-refractivity contribution is 0.457. The van der Waals surface area contributed by atoms with Crippen molar-refractivity contribution in [3.63, 3.8) is 0 Å². The zero-order valence-electron chi connectivity index (χ0n) is 14.1. The quantitative estimate of drug-likeness (QED) is 0.494. The van der Waals surface area contributed by atoms with E-state index in [1.165, 1.54) is 64.5 Å². The van der Waals surface area contributed by atoms with Gasteiger partial charge in [0, 0.05) is 0 Å². The van der Waals surface area contributed by atoms with Crippen molar-refractivity contribution in [1.29, 1.82) is 0 Å². The van der Waals surface area contributed by atoms with E-state index < -0.39 is 0 Å². The Labute approximate surface area is 121 Å². The summed E-state index contributed by atoms with van der Waals surface area (Å²) in [6, 6.07) is 0. The van der Waals surface area contributed by atoms with Crippen molar-refractivity contribution in [2.24, 2.45) is 16.7 Å². The Morgan fingerprint density at radius 3 is 1.68 bits per heavy atom. The van der Waals surface area contributed by atoms with Gasteiger partial charge in [0.15, 0.2) is 0 Å². The Morgan fingerprint density at radius 1 is 0.737 bits per heavy atom. The predicted octanol–water partition coefficient (Wildman–Crippen LogP) is 5.40. The third kappa shape index (κ3) is 4.77. The molecule has 1 fully saturated rings. The van der Waals surface area contributed by atoms with Gasteiger partial charge in [-0.15, -0.1) is 0 Å². The van der Waals surface area contributed by atoms with Gasteiger partial charge >= 0.3 is 0 Å². The summed E-state index contributed by atoms with van der Waals surface area (Å²) in [7, 11) is 0. The molecule has 0 spiro atoms. The standard InChI is InChI=1S/C18H37N/c1-6-7-8-9-10-11-12-13-14-19-15-16-17(2,3)18(16,4)5/h16,19H,6-15H2,1-5H3. The SMILES string of the molecule is CCCCCCCCCCNCC1C(C)(C)C1(C)C. The van der Waals surface area contributed by atoms with E-state index in [0.717, 1.165) is 5.92 Å². The van der Waals surface area contributed by atoms with Crippen LogP contribution in [0.1, 0.15) is 86.0 Å². The number of nitrogens with one attached hydrogen (secondary N) is 1. The van der Waals surface area contributed by atoms with Crippen LogP contribution in [0.2, 0.25) is 0 Å². The minimum Gasteiger partial charge on any atom is -0.316 e. The number of rotatable bonds is 11.